The monoisotopic (exact) mass is 269 g/mol. The lowest BCUT2D eigenvalue weighted by Crippen LogP contribution is -2.15. The van der Waals surface area contributed by atoms with Gasteiger partial charge in [-0.05, 0) is 18.9 Å². The van der Waals surface area contributed by atoms with Gasteiger partial charge in [0, 0.05) is 18.2 Å². The summed E-state index contributed by atoms with van der Waals surface area (Å²) in [6.45, 7) is -2.15. The highest BCUT2D eigenvalue weighted by atomic mass is 19.3. The highest BCUT2D eigenvalue weighted by Gasteiger charge is 2.19. The molecule has 0 spiro atoms. The normalized spacial score (nSPS) is 15.2. The number of halogens is 2. The summed E-state index contributed by atoms with van der Waals surface area (Å²) < 4.78 is 34.4. The van der Waals surface area contributed by atoms with E-state index in [4.69, 9.17) is 4.74 Å². The fourth-order valence-electron chi connectivity index (χ4n) is 1.75. The van der Waals surface area contributed by atoms with Crippen LogP contribution in [0, 0.1) is 0 Å². The summed E-state index contributed by atoms with van der Waals surface area (Å²) in [6.07, 6.45) is 6.08. The Balaban J connectivity index is 2.07. The highest BCUT2D eigenvalue weighted by molar-refractivity contribution is 5.62. The standard InChI is InChI=1S/C14H17F2NO2/c1-18-12-6-2-4-10(13(12)19-14(15)16)5-3-9-17-11-7-8-11/h2-6,11,14,17H,7-9H2,1H3. The van der Waals surface area contributed by atoms with Gasteiger partial charge in [-0.3, -0.25) is 0 Å². The van der Waals surface area contributed by atoms with E-state index in [2.05, 4.69) is 10.1 Å². The highest BCUT2D eigenvalue weighted by Crippen LogP contribution is 2.33. The lowest BCUT2D eigenvalue weighted by atomic mass is 10.1. The zero-order chi connectivity index (χ0) is 13.7. The van der Waals surface area contributed by atoms with Crippen LogP contribution in [0.1, 0.15) is 18.4 Å². The van der Waals surface area contributed by atoms with Crippen molar-refractivity contribution in [2.24, 2.45) is 0 Å². The van der Waals surface area contributed by atoms with Crippen LogP contribution in [0.5, 0.6) is 11.5 Å². The first kappa shape index (κ1) is 13.8. The largest absolute Gasteiger partial charge is 0.493 e. The summed E-state index contributed by atoms with van der Waals surface area (Å²) in [5, 5.41) is 3.31. The van der Waals surface area contributed by atoms with Gasteiger partial charge in [0.2, 0.25) is 0 Å². The van der Waals surface area contributed by atoms with Gasteiger partial charge >= 0.3 is 6.61 Å². The number of methoxy groups -OCH3 is 1. The smallest absolute Gasteiger partial charge is 0.387 e. The Hall–Kier alpha value is -1.62. The summed E-state index contributed by atoms with van der Waals surface area (Å²) in [5.41, 5.74) is 0.581. The molecule has 2 rings (SSSR count). The van der Waals surface area contributed by atoms with Gasteiger partial charge in [-0.15, -0.1) is 0 Å². The van der Waals surface area contributed by atoms with Gasteiger partial charge in [0.25, 0.3) is 0 Å². The Morgan fingerprint density at radius 2 is 2.21 bits per heavy atom. The minimum atomic E-state index is -2.87. The Morgan fingerprint density at radius 1 is 1.42 bits per heavy atom. The molecule has 0 bridgehead atoms. The predicted molar refractivity (Wildman–Crippen MR) is 69.7 cm³/mol. The lowest BCUT2D eigenvalue weighted by Gasteiger charge is -2.12. The van der Waals surface area contributed by atoms with Crippen LogP contribution in [0.15, 0.2) is 24.3 Å². The van der Waals surface area contributed by atoms with E-state index in [-0.39, 0.29) is 5.75 Å². The van der Waals surface area contributed by atoms with Crippen molar-refractivity contribution in [2.45, 2.75) is 25.5 Å². The van der Waals surface area contributed by atoms with Crippen LogP contribution in [0.3, 0.4) is 0 Å². The van der Waals surface area contributed by atoms with E-state index in [0.717, 1.165) is 6.54 Å². The maximum absolute atomic E-state index is 12.4. The second-order valence-electron chi connectivity index (χ2n) is 4.34. The van der Waals surface area contributed by atoms with Gasteiger partial charge < -0.3 is 14.8 Å². The van der Waals surface area contributed by atoms with Crippen molar-refractivity contribution < 1.29 is 18.3 Å². The number of para-hydroxylation sites is 1. The van der Waals surface area contributed by atoms with Crippen LogP contribution >= 0.6 is 0 Å². The summed E-state index contributed by atoms with van der Waals surface area (Å²) >= 11 is 0. The molecular weight excluding hydrogens is 252 g/mol. The SMILES string of the molecule is COc1cccc(C=CCNC2CC2)c1OC(F)F. The molecule has 3 nitrogen and oxygen atoms in total. The van der Waals surface area contributed by atoms with Crippen LogP contribution in [0.4, 0.5) is 8.78 Å². The van der Waals surface area contributed by atoms with E-state index in [9.17, 15) is 8.78 Å². The van der Waals surface area contributed by atoms with Crippen LogP contribution in [-0.4, -0.2) is 26.3 Å². The number of nitrogens with one attached hydrogen (secondary N) is 1. The zero-order valence-electron chi connectivity index (χ0n) is 10.7. The molecule has 0 aliphatic heterocycles. The molecule has 0 unspecified atom stereocenters. The molecule has 0 saturated heterocycles. The fraction of sp³-hybridized carbons (Fsp3) is 0.429. The van der Waals surface area contributed by atoms with Gasteiger partial charge in [-0.2, -0.15) is 8.78 Å². The van der Waals surface area contributed by atoms with Crippen molar-refractivity contribution in [1.29, 1.82) is 0 Å². The number of hydrogen-bond acceptors (Lipinski definition) is 3. The van der Waals surface area contributed by atoms with Gasteiger partial charge in [0.1, 0.15) is 0 Å². The Labute approximate surface area is 111 Å². The maximum Gasteiger partial charge on any atom is 0.387 e. The number of benzene rings is 1. The van der Waals surface area contributed by atoms with Crippen molar-refractivity contribution in [3.63, 3.8) is 0 Å². The number of ether oxygens (including phenoxy) is 2. The predicted octanol–water partition coefficient (Wildman–Crippen LogP) is 3.06. The van der Waals surface area contributed by atoms with Gasteiger partial charge in [0.05, 0.1) is 7.11 Å². The van der Waals surface area contributed by atoms with E-state index in [1.165, 1.54) is 20.0 Å². The molecule has 19 heavy (non-hydrogen) atoms. The molecule has 1 saturated carbocycles. The Bertz CT molecular complexity index is 445. The van der Waals surface area contributed by atoms with Gasteiger partial charge in [0.15, 0.2) is 11.5 Å². The molecule has 1 aromatic carbocycles. The summed E-state index contributed by atoms with van der Waals surface area (Å²) in [4.78, 5) is 0. The summed E-state index contributed by atoms with van der Waals surface area (Å²) in [7, 11) is 1.43. The Morgan fingerprint density at radius 3 is 2.84 bits per heavy atom. The molecular formula is C14H17F2NO2. The van der Waals surface area contributed by atoms with E-state index >= 15 is 0 Å². The molecule has 1 N–H and O–H groups in total. The third-order valence-electron chi connectivity index (χ3n) is 2.84. The first-order valence-corrected chi connectivity index (χ1v) is 6.22. The molecule has 1 fully saturated rings. The van der Waals surface area contributed by atoms with E-state index in [1.807, 2.05) is 6.08 Å². The van der Waals surface area contributed by atoms with Crippen LogP contribution in [0.25, 0.3) is 6.08 Å². The molecule has 0 radical (unpaired) electrons. The van der Waals surface area contributed by atoms with E-state index in [0.29, 0.717) is 17.4 Å². The topological polar surface area (TPSA) is 30.5 Å². The molecule has 1 aromatic rings. The first-order valence-electron chi connectivity index (χ1n) is 6.22. The molecule has 104 valence electrons. The second kappa shape index (κ2) is 6.52. The summed E-state index contributed by atoms with van der Waals surface area (Å²) in [5.74, 6) is 0.375. The van der Waals surface area contributed by atoms with Gasteiger partial charge in [-0.1, -0.05) is 24.3 Å². The third kappa shape index (κ3) is 4.21. The Kier molecular flexibility index (Phi) is 4.74. The van der Waals surface area contributed by atoms with E-state index < -0.39 is 6.61 Å². The molecule has 0 aromatic heterocycles. The number of hydrogen-bond donors (Lipinski definition) is 1. The quantitative estimate of drug-likeness (QED) is 0.825. The minimum absolute atomic E-state index is 0.0719. The summed E-state index contributed by atoms with van der Waals surface area (Å²) in [6, 6.07) is 5.67. The fourth-order valence-corrected chi connectivity index (χ4v) is 1.75. The lowest BCUT2D eigenvalue weighted by molar-refractivity contribution is -0.0513. The van der Waals surface area contributed by atoms with Crippen LogP contribution in [0.2, 0.25) is 0 Å². The van der Waals surface area contributed by atoms with Crippen LogP contribution in [-0.2, 0) is 0 Å². The first-order chi connectivity index (χ1) is 9.20. The second-order valence-corrected chi connectivity index (χ2v) is 4.34. The van der Waals surface area contributed by atoms with Gasteiger partial charge in [-0.25, -0.2) is 0 Å². The molecule has 0 heterocycles. The maximum atomic E-state index is 12.4. The van der Waals surface area contributed by atoms with Crippen LogP contribution < -0.4 is 14.8 Å². The van der Waals surface area contributed by atoms with Crippen molar-refractivity contribution in [2.75, 3.05) is 13.7 Å². The average Bonchev–Trinajstić information content (AvgIpc) is 3.19. The van der Waals surface area contributed by atoms with E-state index in [1.54, 1.807) is 24.3 Å². The molecule has 0 amide bonds. The average molecular weight is 269 g/mol. The minimum Gasteiger partial charge on any atom is -0.493 e. The zero-order valence-corrected chi connectivity index (χ0v) is 10.7. The molecule has 1 aliphatic carbocycles. The van der Waals surface area contributed by atoms with Crippen molar-refractivity contribution >= 4 is 6.08 Å². The molecule has 0 atom stereocenters. The number of alkyl halides is 2. The van der Waals surface area contributed by atoms with Crippen molar-refractivity contribution in [1.82, 2.24) is 5.32 Å². The van der Waals surface area contributed by atoms with Crippen molar-refractivity contribution in [3.8, 4) is 11.5 Å². The molecule has 5 heteroatoms. The van der Waals surface area contributed by atoms with Crippen molar-refractivity contribution in [3.05, 3.63) is 29.8 Å². The third-order valence-corrected chi connectivity index (χ3v) is 2.84. The number of rotatable bonds is 7. The molecule has 1 aliphatic rings.